The van der Waals surface area contributed by atoms with Crippen LogP contribution < -0.4 is 15.6 Å². The Balaban J connectivity index is 1.78. The lowest BCUT2D eigenvalue weighted by Crippen LogP contribution is -2.43. The van der Waals surface area contributed by atoms with E-state index in [4.69, 9.17) is 0 Å². The number of anilines is 1. The molecule has 150 valence electrons. The number of halogens is 1. The summed E-state index contributed by atoms with van der Waals surface area (Å²) in [6, 6.07) is 2.89. The van der Waals surface area contributed by atoms with Gasteiger partial charge in [0.2, 0.25) is 5.43 Å². The number of carboxylic acid groups (broad SMARTS) is 1. The molecule has 1 aromatic heterocycles. The fraction of sp³-hybridized carbons (Fsp3) is 0.500. The first-order chi connectivity index (χ1) is 13.3. The quantitative estimate of drug-likeness (QED) is 0.697. The van der Waals surface area contributed by atoms with Gasteiger partial charge >= 0.3 is 5.97 Å². The minimum absolute atomic E-state index is 0.0789. The van der Waals surface area contributed by atoms with E-state index in [0.717, 1.165) is 25.5 Å². The number of rotatable bonds is 6. The number of benzene rings is 1. The van der Waals surface area contributed by atoms with Crippen molar-refractivity contribution in [2.45, 2.75) is 37.8 Å². The minimum atomic E-state index is -1.31. The van der Waals surface area contributed by atoms with E-state index in [1.807, 2.05) is 6.92 Å². The zero-order valence-corrected chi connectivity index (χ0v) is 15.7. The predicted octanol–water partition coefficient (Wildman–Crippen LogP) is 1.72. The molecule has 0 amide bonds. The number of aliphatic hydroxyl groups is 1. The standard InChI is InChI=1S/C20H24FN3O4/c1-2-22-10-20(28)5-6-23(11-20)17-8-16-13(7-15(17)21)18(25)14(19(26)27)9-24(16)12-3-4-12/h7-9,12,22,28H,2-6,10-11H2,1H3,(H,26,27). The third kappa shape index (κ3) is 3.27. The number of fused-ring (bicyclic) bond motifs is 1. The smallest absolute Gasteiger partial charge is 0.341 e. The van der Waals surface area contributed by atoms with Crippen LogP contribution in [0.5, 0.6) is 0 Å². The topological polar surface area (TPSA) is 94.8 Å². The average Bonchev–Trinajstić information content (AvgIpc) is 3.42. The van der Waals surface area contributed by atoms with Crippen molar-refractivity contribution in [2.75, 3.05) is 31.1 Å². The second-order valence-electron chi connectivity index (χ2n) is 7.81. The second-order valence-corrected chi connectivity index (χ2v) is 7.81. The summed E-state index contributed by atoms with van der Waals surface area (Å²) in [5, 5.41) is 23.2. The molecule has 28 heavy (non-hydrogen) atoms. The minimum Gasteiger partial charge on any atom is -0.477 e. The van der Waals surface area contributed by atoms with Gasteiger partial charge in [-0.3, -0.25) is 4.79 Å². The van der Waals surface area contributed by atoms with Crippen molar-refractivity contribution in [3.05, 3.63) is 39.9 Å². The summed E-state index contributed by atoms with van der Waals surface area (Å²) in [6.07, 6.45) is 3.69. The number of likely N-dealkylation sites (N-methyl/N-ethyl adjacent to an activating group) is 1. The first kappa shape index (κ1) is 18.9. The molecule has 1 aromatic carbocycles. The highest BCUT2D eigenvalue weighted by atomic mass is 19.1. The van der Waals surface area contributed by atoms with Crippen LogP contribution in [0.2, 0.25) is 0 Å². The van der Waals surface area contributed by atoms with Gasteiger partial charge in [0, 0.05) is 37.3 Å². The number of carbonyl (C=O) groups is 1. The van der Waals surface area contributed by atoms with E-state index >= 15 is 0 Å². The zero-order chi connectivity index (χ0) is 20.1. The van der Waals surface area contributed by atoms with Crippen LogP contribution >= 0.6 is 0 Å². The first-order valence-electron chi connectivity index (χ1n) is 9.63. The Morgan fingerprint density at radius 1 is 1.39 bits per heavy atom. The van der Waals surface area contributed by atoms with Gasteiger partial charge in [-0.1, -0.05) is 6.92 Å². The number of nitrogens with one attached hydrogen (secondary N) is 1. The molecule has 0 bridgehead atoms. The number of pyridine rings is 1. The highest BCUT2D eigenvalue weighted by Crippen LogP contribution is 2.38. The maximum Gasteiger partial charge on any atom is 0.341 e. The molecule has 1 aliphatic heterocycles. The number of aromatic carboxylic acids is 1. The van der Waals surface area contributed by atoms with Gasteiger partial charge in [-0.2, -0.15) is 0 Å². The first-order valence-corrected chi connectivity index (χ1v) is 9.63. The van der Waals surface area contributed by atoms with Crippen LogP contribution in [0.15, 0.2) is 23.1 Å². The highest BCUT2D eigenvalue weighted by molar-refractivity contribution is 5.93. The molecule has 8 heteroatoms. The van der Waals surface area contributed by atoms with Gasteiger partial charge in [0.25, 0.3) is 0 Å². The van der Waals surface area contributed by atoms with Crippen LogP contribution in [-0.4, -0.2) is 52.5 Å². The number of β-amino-alcohol motifs (C(OH)–C–C–N with tert-alkyl or cyclic N) is 1. The lowest BCUT2D eigenvalue weighted by molar-refractivity contribution is 0.0635. The molecule has 1 unspecified atom stereocenters. The van der Waals surface area contributed by atoms with E-state index < -0.39 is 22.8 Å². The van der Waals surface area contributed by atoms with Gasteiger partial charge in [0.1, 0.15) is 11.4 Å². The SMILES string of the molecule is CCNCC1(O)CCN(c2cc3c(cc2F)c(=O)c(C(=O)O)cn3C2CC2)C1. The Hall–Kier alpha value is -2.45. The van der Waals surface area contributed by atoms with Crippen molar-refractivity contribution in [1.29, 1.82) is 0 Å². The maximum atomic E-state index is 14.9. The summed E-state index contributed by atoms with van der Waals surface area (Å²) in [5.41, 5.74) is -1.07. The van der Waals surface area contributed by atoms with E-state index in [-0.39, 0.29) is 17.0 Å². The molecular formula is C20H24FN3O4. The number of hydrogen-bond donors (Lipinski definition) is 3. The van der Waals surface area contributed by atoms with Crippen LogP contribution in [0, 0.1) is 5.82 Å². The van der Waals surface area contributed by atoms with Crippen LogP contribution in [0.4, 0.5) is 10.1 Å². The molecule has 2 aromatic rings. The molecule has 3 N–H and O–H groups in total. The van der Waals surface area contributed by atoms with Crippen molar-refractivity contribution in [3.8, 4) is 0 Å². The number of carboxylic acids is 1. The Morgan fingerprint density at radius 2 is 2.14 bits per heavy atom. The molecule has 1 atom stereocenters. The van der Waals surface area contributed by atoms with E-state index in [2.05, 4.69) is 5.32 Å². The van der Waals surface area contributed by atoms with Crippen molar-refractivity contribution in [2.24, 2.45) is 0 Å². The third-order valence-electron chi connectivity index (χ3n) is 5.65. The zero-order valence-electron chi connectivity index (χ0n) is 15.7. The van der Waals surface area contributed by atoms with Crippen molar-refractivity contribution in [1.82, 2.24) is 9.88 Å². The monoisotopic (exact) mass is 389 g/mol. The van der Waals surface area contributed by atoms with Crippen molar-refractivity contribution >= 4 is 22.6 Å². The fourth-order valence-electron chi connectivity index (χ4n) is 3.97. The summed E-state index contributed by atoms with van der Waals surface area (Å²) in [4.78, 5) is 25.8. The molecule has 4 rings (SSSR count). The highest BCUT2D eigenvalue weighted by Gasteiger charge is 2.37. The molecule has 0 radical (unpaired) electrons. The normalized spacial score (nSPS) is 22.2. The number of nitrogens with zero attached hydrogens (tertiary/aromatic N) is 2. The molecule has 1 aliphatic carbocycles. The summed E-state index contributed by atoms with van der Waals surface area (Å²) in [7, 11) is 0. The Kier molecular flexibility index (Phi) is 4.63. The summed E-state index contributed by atoms with van der Waals surface area (Å²) in [5.74, 6) is -1.89. The van der Waals surface area contributed by atoms with E-state index in [0.29, 0.717) is 37.3 Å². The molecule has 7 nitrogen and oxygen atoms in total. The summed E-state index contributed by atoms with van der Waals surface area (Å²) in [6.45, 7) is 3.94. The molecule has 2 aliphatic rings. The van der Waals surface area contributed by atoms with Crippen LogP contribution in [0.25, 0.3) is 10.9 Å². The molecule has 1 saturated heterocycles. The number of hydrogen-bond acceptors (Lipinski definition) is 5. The fourth-order valence-corrected chi connectivity index (χ4v) is 3.97. The number of aromatic nitrogens is 1. The van der Waals surface area contributed by atoms with Crippen molar-refractivity contribution in [3.63, 3.8) is 0 Å². The second kappa shape index (κ2) is 6.86. The van der Waals surface area contributed by atoms with E-state index in [9.17, 15) is 24.2 Å². The lowest BCUT2D eigenvalue weighted by Gasteiger charge is -2.25. The Morgan fingerprint density at radius 3 is 2.79 bits per heavy atom. The van der Waals surface area contributed by atoms with Crippen molar-refractivity contribution < 1.29 is 19.4 Å². The van der Waals surface area contributed by atoms with Crippen LogP contribution in [0.1, 0.15) is 42.6 Å². The summed E-state index contributed by atoms with van der Waals surface area (Å²) < 4.78 is 16.7. The van der Waals surface area contributed by atoms with Gasteiger partial charge in [-0.15, -0.1) is 0 Å². The van der Waals surface area contributed by atoms with Crippen LogP contribution in [-0.2, 0) is 0 Å². The Labute approximate surface area is 161 Å². The van der Waals surface area contributed by atoms with E-state index in [1.165, 1.54) is 6.20 Å². The molecule has 2 fully saturated rings. The van der Waals surface area contributed by atoms with Gasteiger partial charge in [-0.05, 0) is 37.9 Å². The molecule has 2 heterocycles. The van der Waals surface area contributed by atoms with E-state index in [1.54, 1.807) is 15.5 Å². The van der Waals surface area contributed by atoms with Gasteiger partial charge in [0.15, 0.2) is 0 Å². The average molecular weight is 389 g/mol. The molecule has 1 saturated carbocycles. The molecule has 0 spiro atoms. The Bertz CT molecular complexity index is 1000. The maximum absolute atomic E-state index is 14.9. The summed E-state index contributed by atoms with van der Waals surface area (Å²) >= 11 is 0. The van der Waals surface area contributed by atoms with Gasteiger partial charge in [-0.25, -0.2) is 9.18 Å². The third-order valence-corrected chi connectivity index (χ3v) is 5.65. The van der Waals surface area contributed by atoms with Crippen LogP contribution in [0.3, 0.4) is 0 Å². The molecular weight excluding hydrogens is 365 g/mol. The lowest BCUT2D eigenvalue weighted by atomic mass is 10.0. The predicted molar refractivity (Wildman–Crippen MR) is 104 cm³/mol. The largest absolute Gasteiger partial charge is 0.477 e. The van der Waals surface area contributed by atoms with Gasteiger partial charge in [0.05, 0.1) is 16.8 Å². The van der Waals surface area contributed by atoms with Gasteiger partial charge < -0.3 is 25.0 Å².